The zero-order chi connectivity index (χ0) is 23.4. The predicted octanol–water partition coefficient (Wildman–Crippen LogP) is 4.83. The zero-order valence-electron chi connectivity index (χ0n) is 17.8. The third-order valence-corrected chi connectivity index (χ3v) is 4.40. The van der Waals surface area contributed by atoms with Gasteiger partial charge in [-0.3, -0.25) is 4.79 Å². The lowest BCUT2D eigenvalue weighted by atomic mass is 10.2. The van der Waals surface area contributed by atoms with E-state index in [1.165, 1.54) is 49.3 Å². The van der Waals surface area contributed by atoms with Crippen molar-refractivity contribution in [2.24, 2.45) is 0 Å². The number of halogens is 2. The van der Waals surface area contributed by atoms with Gasteiger partial charge in [-0.15, -0.1) is 0 Å². The molecule has 2 aromatic carbocycles. The molecule has 164 valence electrons. The van der Waals surface area contributed by atoms with Crippen molar-refractivity contribution in [2.75, 3.05) is 21.2 Å². The van der Waals surface area contributed by atoms with Crippen LogP contribution in [0.4, 0.5) is 8.78 Å². The Morgan fingerprint density at radius 2 is 1.62 bits per heavy atom. The van der Waals surface area contributed by atoms with Gasteiger partial charge in [0.1, 0.15) is 17.2 Å². The maximum atomic E-state index is 14.7. The van der Waals surface area contributed by atoms with E-state index >= 15 is 0 Å². The van der Waals surface area contributed by atoms with Crippen molar-refractivity contribution in [1.29, 1.82) is 5.26 Å². The Labute approximate surface area is 183 Å². The van der Waals surface area contributed by atoms with E-state index in [0.29, 0.717) is 11.3 Å². The fourth-order valence-corrected chi connectivity index (χ4v) is 2.73. The van der Waals surface area contributed by atoms with E-state index in [4.69, 9.17) is 19.5 Å². The van der Waals surface area contributed by atoms with Gasteiger partial charge in [-0.1, -0.05) is 6.07 Å². The minimum Gasteiger partial charge on any atom is -0.497 e. The lowest BCUT2D eigenvalue weighted by molar-refractivity contribution is 0.0827. The maximum absolute atomic E-state index is 14.7. The topological polar surface area (TPSA) is 84.7 Å². The van der Waals surface area contributed by atoms with E-state index in [9.17, 15) is 13.6 Å². The smallest absolute Gasteiger partial charge is 0.259 e. The van der Waals surface area contributed by atoms with Crippen molar-refractivity contribution in [3.05, 3.63) is 70.8 Å². The van der Waals surface area contributed by atoms with Crippen molar-refractivity contribution in [3.63, 3.8) is 0 Å². The summed E-state index contributed by atoms with van der Waals surface area (Å²) >= 11 is 0. The highest BCUT2D eigenvalue weighted by Crippen LogP contribution is 2.34. The number of nitriles is 1. The average Bonchev–Trinajstić information content (AvgIpc) is 2.80. The van der Waals surface area contributed by atoms with Crippen LogP contribution in [-0.2, 0) is 0 Å². The highest BCUT2D eigenvalue weighted by molar-refractivity contribution is 5.94. The Bertz CT molecular complexity index is 1220. The molecule has 0 N–H and O–H groups in total. The second kappa shape index (κ2) is 9.31. The van der Waals surface area contributed by atoms with Gasteiger partial charge in [0.25, 0.3) is 17.7 Å². The van der Waals surface area contributed by atoms with Gasteiger partial charge in [0.05, 0.1) is 18.7 Å². The van der Waals surface area contributed by atoms with Crippen molar-refractivity contribution >= 4 is 5.91 Å². The molecule has 0 saturated carbocycles. The summed E-state index contributed by atoms with van der Waals surface area (Å²) in [6.45, 7) is 1.21. The second-order valence-corrected chi connectivity index (χ2v) is 6.92. The molecule has 0 bridgehead atoms. The number of amides is 1. The van der Waals surface area contributed by atoms with Crippen LogP contribution in [0.2, 0.25) is 0 Å². The first-order chi connectivity index (χ1) is 15.2. The molecule has 9 heteroatoms. The lowest BCUT2D eigenvalue weighted by Crippen LogP contribution is -2.21. The Morgan fingerprint density at radius 3 is 2.22 bits per heavy atom. The number of carbonyl (C=O) groups excluding carboxylic acids is 1. The van der Waals surface area contributed by atoms with Crippen LogP contribution in [0.25, 0.3) is 0 Å². The molecule has 0 spiro atoms. The molecular weight excluding hydrogens is 420 g/mol. The summed E-state index contributed by atoms with van der Waals surface area (Å²) in [6.07, 6.45) is 0. The molecule has 0 fully saturated rings. The number of methoxy groups -OCH3 is 1. The molecule has 1 aromatic heterocycles. The van der Waals surface area contributed by atoms with Gasteiger partial charge in [-0.25, -0.2) is 8.78 Å². The first-order valence-electron chi connectivity index (χ1n) is 9.35. The Hall–Kier alpha value is -4.19. The first-order valence-corrected chi connectivity index (χ1v) is 9.35. The largest absolute Gasteiger partial charge is 0.497 e. The van der Waals surface area contributed by atoms with Crippen molar-refractivity contribution in [3.8, 4) is 35.1 Å². The van der Waals surface area contributed by atoms with Crippen molar-refractivity contribution in [1.82, 2.24) is 9.88 Å². The van der Waals surface area contributed by atoms with Crippen LogP contribution < -0.4 is 14.2 Å². The third kappa shape index (κ3) is 4.75. The SMILES string of the molecule is COc1cc(Oc2nc(Oc3cccc(C#N)c3)c(F)c(C)c2F)cc(C(=O)N(C)C)c1. The van der Waals surface area contributed by atoms with Crippen LogP contribution in [0.3, 0.4) is 0 Å². The van der Waals surface area contributed by atoms with E-state index in [-0.39, 0.29) is 28.5 Å². The van der Waals surface area contributed by atoms with E-state index in [2.05, 4.69) is 4.98 Å². The molecule has 0 unspecified atom stereocenters. The van der Waals surface area contributed by atoms with Crippen LogP contribution in [0, 0.1) is 29.9 Å². The molecule has 1 heterocycles. The fourth-order valence-electron chi connectivity index (χ4n) is 2.73. The molecule has 0 atom stereocenters. The number of pyridine rings is 1. The first kappa shape index (κ1) is 22.5. The van der Waals surface area contributed by atoms with E-state index in [1.54, 1.807) is 26.2 Å². The number of hydrogen-bond acceptors (Lipinski definition) is 6. The monoisotopic (exact) mass is 439 g/mol. The molecular formula is C23H19F2N3O4. The fraction of sp³-hybridized carbons (Fsp3) is 0.174. The summed E-state index contributed by atoms with van der Waals surface area (Å²) in [5.41, 5.74) is 0.176. The van der Waals surface area contributed by atoms with Crippen LogP contribution in [0.1, 0.15) is 21.5 Å². The van der Waals surface area contributed by atoms with Gasteiger partial charge in [0.2, 0.25) is 0 Å². The number of aromatic nitrogens is 1. The van der Waals surface area contributed by atoms with Gasteiger partial charge in [0.15, 0.2) is 11.6 Å². The summed E-state index contributed by atoms with van der Waals surface area (Å²) in [5, 5.41) is 9.01. The van der Waals surface area contributed by atoms with Crippen molar-refractivity contribution in [2.45, 2.75) is 6.92 Å². The Balaban J connectivity index is 2.01. The number of hydrogen-bond donors (Lipinski definition) is 0. The van der Waals surface area contributed by atoms with Crippen molar-refractivity contribution < 1.29 is 27.8 Å². The van der Waals surface area contributed by atoms with Crippen LogP contribution in [0.5, 0.6) is 29.0 Å². The summed E-state index contributed by atoms with van der Waals surface area (Å²) in [6, 6.07) is 12.3. The molecule has 3 aromatic rings. The summed E-state index contributed by atoms with van der Waals surface area (Å²) < 4.78 is 45.5. The maximum Gasteiger partial charge on any atom is 0.259 e. The molecule has 0 aliphatic carbocycles. The van der Waals surface area contributed by atoms with Gasteiger partial charge in [-0.05, 0) is 37.3 Å². The third-order valence-electron chi connectivity index (χ3n) is 4.40. The molecule has 0 saturated heterocycles. The van der Waals surface area contributed by atoms with E-state index < -0.39 is 23.4 Å². The Morgan fingerprint density at radius 1 is 1.00 bits per heavy atom. The number of nitrogens with zero attached hydrogens (tertiary/aromatic N) is 3. The number of rotatable bonds is 6. The highest BCUT2D eigenvalue weighted by atomic mass is 19.1. The number of benzene rings is 2. The average molecular weight is 439 g/mol. The van der Waals surface area contributed by atoms with E-state index in [1.807, 2.05) is 6.07 Å². The molecule has 3 rings (SSSR count). The summed E-state index contributed by atoms with van der Waals surface area (Å²) in [5.74, 6) is -2.92. The van der Waals surface area contributed by atoms with Gasteiger partial charge in [-0.2, -0.15) is 10.2 Å². The van der Waals surface area contributed by atoms with Crippen LogP contribution in [0.15, 0.2) is 42.5 Å². The van der Waals surface area contributed by atoms with Gasteiger partial charge < -0.3 is 19.1 Å². The second-order valence-electron chi connectivity index (χ2n) is 6.92. The molecule has 0 aliphatic rings. The minimum absolute atomic E-state index is 0.0596. The standard InChI is InChI=1S/C23H19F2N3O4/c1-13-19(24)21(31-16-7-5-6-14(8-16)12-26)27-22(20(13)25)32-18-10-15(23(29)28(2)3)9-17(11-18)30-4/h5-11H,1-4H3. The number of carbonyl (C=O) groups is 1. The van der Waals surface area contributed by atoms with E-state index in [0.717, 1.165) is 0 Å². The minimum atomic E-state index is -1.02. The zero-order valence-corrected chi connectivity index (χ0v) is 17.8. The Kier molecular flexibility index (Phi) is 6.54. The molecule has 0 aliphatic heterocycles. The molecule has 32 heavy (non-hydrogen) atoms. The van der Waals surface area contributed by atoms with Gasteiger partial charge >= 0.3 is 0 Å². The predicted molar refractivity (Wildman–Crippen MR) is 111 cm³/mol. The number of ether oxygens (including phenoxy) is 3. The van der Waals surface area contributed by atoms with Crippen LogP contribution >= 0.6 is 0 Å². The van der Waals surface area contributed by atoms with Crippen LogP contribution in [-0.4, -0.2) is 37.0 Å². The lowest BCUT2D eigenvalue weighted by Gasteiger charge is -2.15. The normalized spacial score (nSPS) is 10.3. The summed E-state index contributed by atoms with van der Waals surface area (Å²) in [7, 11) is 4.57. The molecule has 1 amide bonds. The van der Waals surface area contributed by atoms with Gasteiger partial charge in [0, 0.05) is 31.3 Å². The molecule has 7 nitrogen and oxygen atoms in total. The molecule has 0 radical (unpaired) electrons. The summed E-state index contributed by atoms with van der Waals surface area (Å²) in [4.78, 5) is 17.5. The quantitative estimate of drug-likeness (QED) is 0.547. The highest BCUT2D eigenvalue weighted by Gasteiger charge is 2.22.